The lowest BCUT2D eigenvalue weighted by atomic mass is 10.3. The Balaban J connectivity index is 2.55. The van der Waals surface area contributed by atoms with Gasteiger partial charge in [-0.2, -0.15) is 0 Å². The fourth-order valence-corrected chi connectivity index (χ4v) is 1.81. The molecule has 0 saturated carbocycles. The summed E-state index contributed by atoms with van der Waals surface area (Å²) in [5.74, 6) is 1.02. The van der Waals surface area contributed by atoms with E-state index in [0.717, 1.165) is 22.3 Å². The molecule has 2 rings (SSSR count). The lowest BCUT2D eigenvalue weighted by molar-refractivity contribution is 0.989. The molecular weight excluding hydrogens is 268 g/mol. The average molecular weight is 279 g/mol. The summed E-state index contributed by atoms with van der Waals surface area (Å²) < 4.78 is 0.773. The zero-order valence-electron chi connectivity index (χ0n) is 8.81. The van der Waals surface area contributed by atoms with Crippen LogP contribution in [0.4, 0.5) is 5.82 Å². The Kier molecular flexibility index (Phi) is 3.14. The van der Waals surface area contributed by atoms with Crippen LogP contribution in [-0.4, -0.2) is 15.0 Å². The Morgan fingerprint density at radius 3 is 2.75 bits per heavy atom. The third kappa shape index (κ3) is 2.04. The second kappa shape index (κ2) is 4.57. The first kappa shape index (κ1) is 11.0. The third-order valence-corrected chi connectivity index (χ3v) is 3.04. The number of aryl methyl sites for hydroxylation is 1. The lowest BCUT2D eigenvalue weighted by Gasteiger charge is -2.06. The van der Waals surface area contributed by atoms with Crippen LogP contribution in [0.1, 0.15) is 12.6 Å². The molecule has 0 amide bonds. The molecule has 4 nitrogen and oxygen atoms in total. The maximum atomic E-state index is 5.81. The van der Waals surface area contributed by atoms with Gasteiger partial charge in [-0.15, -0.1) is 0 Å². The van der Waals surface area contributed by atoms with Gasteiger partial charge < -0.3 is 5.73 Å². The summed E-state index contributed by atoms with van der Waals surface area (Å²) in [6, 6.07) is 5.62. The Bertz CT molecular complexity index is 499. The second-order valence-electron chi connectivity index (χ2n) is 3.26. The molecule has 0 bridgehead atoms. The smallest absolute Gasteiger partial charge is 0.180 e. The van der Waals surface area contributed by atoms with Crippen LogP contribution in [0.3, 0.4) is 0 Å². The summed E-state index contributed by atoms with van der Waals surface area (Å²) in [6.45, 7) is 2.02. The van der Waals surface area contributed by atoms with E-state index in [1.54, 1.807) is 6.20 Å². The summed E-state index contributed by atoms with van der Waals surface area (Å²) in [5.41, 5.74) is 7.44. The summed E-state index contributed by atoms with van der Waals surface area (Å²) in [7, 11) is 0. The number of halogens is 1. The normalized spacial score (nSPS) is 10.4. The molecule has 2 aromatic heterocycles. The van der Waals surface area contributed by atoms with Gasteiger partial charge in [0.2, 0.25) is 0 Å². The van der Waals surface area contributed by atoms with E-state index in [1.807, 2.05) is 25.1 Å². The first-order valence-corrected chi connectivity index (χ1v) is 5.75. The van der Waals surface area contributed by atoms with Crippen LogP contribution in [0, 0.1) is 0 Å². The number of hydrogen-bond acceptors (Lipinski definition) is 4. The Labute approximate surface area is 102 Å². The van der Waals surface area contributed by atoms with Crippen molar-refractivity contribution in [3.63, 3.8) is 0 Å². The first-order valence-electron chi connectivity index (χ1n) is 4.95. The zero-order valence-corrected chi connectivity index (χ0v) is 10.4. The molecule has 0 aromatic carbocycles. The highest BCUT2D eigenvalue weighted by atomic mass is 79.9. The molecule has 0 fully saturated rings. The highest BCUT2D eigenvalue weighted by Gasteiger charge is 2.10. The summed E-state index contributed by atoms with van der Waals surface area (Å²) in [4.78, 5) is 12.8. The van der Waals surface area contributed by atoms with Crippen molar-refractivity contribution in [1.82, 2.24) is 15.0 Å². The summed E-state index contributed by atoms with van der Waals surface area (Å²) in [5, 5.41) is 0. The summed E-state index contributed by atoms with van der Waals surface area (Å²) >= 11 is 3.38. The van der Waals surface area contributed by atoms with Gasteiger partial charge in [0.1, 0.15) is 11.5 Å². The van der Waals surface area contributed by atoms with E-state index < -0.39 is 0 Å². The number of hydrogen-bond donors (Lipinski definition) is 1. The minimum atomic E-state index is 0.451. The standard InChI is InChI=1S/C11H11BrN4/c1-2-7-9(12)10(13)16-11(15-7)8-5-3-4-6-14-8/h3-6H,2H2,1H3,(H2,13,15,16). The number of anilines is 1. The number of nitrogens with two attached hydrogens (primary N) is 1. The molecule has 0 atom stereocenters. The van der Waals surface area contributed by atoms with Crippen LogP contribution in [-0.2, 0) is 6.42 Å². The SMILES string of the molecule is CCc1nc(-c2ccccn2)nc(N)c1Br. The average Bonchev–Trinajstić information content (AvgIpc) is 2.33. The van der Waals surface area contributed by atoms with Gasteiger partial charge in [-0.1, -0.05) is 13.0 Å². The number of rotatable bonds is 2. The van der Waals surface area contributed by atoms with E-state index in [0.29, 0.717) is 11.6 Å². The highest BCUT2D eigenvalue weighted by Crippen LogP contribution is 2.24. The predicted molar refractivity (Wildman–Crippen MR) is 66.8 cm³/mol. The molecule has 0 saturated heterocycles. The van der Waals surface area contributed by atoms with Crippen LogP contribution >= 0.6 is 15.9 Å². The van der Waals surface area contributed by atoms with Crippen molar-refractivity contribution in [1.29, 1.82) is 0 Å². The predicted octanol–water partition coefficient (Wildman–Crippen LogP) is 2.45. The Hall–Kier alpha value is -1.49. The van der Waals surface area contributed by atoms with Crippen molar-refractivity contribution in [3.8, 4) is 11.5 Å². The number of nitrogens with zero attached hydrogens (tertiary/aromatic N) is 3. The van der Waals surface area contributed by atoms with Gasteiger partial charge in [-0.05, 0) is 34.5 Å². The Morgan fingerprint density at radius 2 is 2.12 bits per heavy atom. The molecule has 0 aliphatic heterocycles. The van der Waals surface area contributed by atoms with Crippen molar-refractivity contribution in [2.24, 2.45) is 0 Å². The van der Waals surface area contributed by atoms with Crippen LogP contribution in [0.15, 0.2) is 28.9 Å². The Morgan fingerprint density at radius 1 is 1.31 bits per heavy atom. The van der Waals surface area contributed by atoms with Gasteiger partial charge in [0, 0.05) is 6.20 Å². The maximum absolute atomic E-state index is 5.81. The molecule has 0 aliphatic rings. The van der Waals surface area contributed by atoms with Crippen molar-refractivity contribution in [2.75, 3.05) is 5.73 Å². The molecule has 0 spiro atoms. The van der Waals surface area contributed by atoms with E-state index in [9.17, 15) is 0 Å². The van der Waals surface area contributed by atoms with E-state index in [2.05, 4.69) is 30.9 Å². The van der Waals surface area contributed by atoms with Gasteiger partial charge in [0.15, 0.2) is 5.82 Å². The van der Waals surface area contributed by atoms with Crippen molar-refractivity contribution in [3.05, 3.63) is 34.6 Å². The summed E-state index contributed by atoms with van der Waals surface area (Å²) in [6.07, 6.45) is 2.51. The largest absolute Gasteiger partial charge is 0.383 e. The lowest BCUT2D eigenvalue weighted by Crippen LogP contribution is -2.02. The van der Waals surface area contributed by atoms with Crippen LogP contribution < -0.4 is 5.73 Å². The van der Waals surface area contributed by atoms with E-state index in [-0.39, 0.29) is 0 Å². The van der Waals surface area contributed by atoms with Gasteiger partial charge in [-0.3, -0.25) is 4.98 Å². The van der Waals surface area contributed by atoms with Crippen molar-refractivity contribution >= 4 is 21.7 Å². The molecule has 16 heavy (non-hydrogen) atoms. The fourth-order valence-electron chi connectivity index (χ4n) is 1.36. The first-order chi connectivity index (χ1) is 7.72. The quantitative estimate of drug-likeness (QED) is 0.917. The molecule has 2 aromatic rings. The highest BCUT2D eigenvalue weighted by molar-refractivity contribution is 9.10. The maximum Gasteiger partial charge on any atom is 0.180 e. The number of aromatic nitrogens is 3. The van der Waals surface area contributed by atoms with Crippen molar-refractivity contribution in [2.45, 2.75) is 13.3 Å². The minimum Gasteiger partial charge on any atom is -0.383 e. The van der Waals surface area contributed by atoms with Gasteiger partial charge in [0.25, 0.3) is 0 Å². The van der Waals surface area contributed by atoms with E-state index in [1.165, 1.54) is 0 Å². The molecule has 2 N–H and O–H groups in total. The minimum absolute atomic E-state index is 0.451. The third-order valence-electron chi connectivity index (χ3n) is 2.17. The molecule has 0 unspecified atom stereocenters. The van der Waals surface area contributed by atoms with Crippen LogP contribution in [0.2, 0.25) is 0 Å². The number of pyridine rings is 1. The molecular formula is C11H11BrN4. The zero-order chi connectivity index (χ0) is 11.5. The fraction of sp³-hybridized carbons (Fsp3) is 0.182. The molecule has 5 heteroatoms. The van der Waals surface area contributed by atoms with Gasteiger partial charge in [0.05, 0.1) is 10.2 Å². The van der Waals surface area contributed by atoms with Crippen LogP contribution in [0.25, 0.3) is 11.5 Å². The molecule has 0 radical (unpaired) electrons. The molecule has 0 aliphatic carbocycles. The monoisotopic (exact) mass is 278 g/mol. The van der Waals surface area contributed by atoms with Gasteiger partial charge in [-0.25, -0.2) is 9.97 Å². The molecule has 2 heterocycles. The van der Waals surface area contributed by atoms with Crippen molar-refractivity contribution < 1.29 is 0 Å². The van der Waals surface area contributed by atoms with Gasteiger partial charge >= 0.3 is 0 Å². The number of nitrogen functional groups attached to an aromatic ring is 1. The van der Waals surface area contributed by atoms with E-state index in [4.69, 9.17) is 5.73 Å². The van der Waals surface area contributed by atoms with E-state index >= 15 is 0 Å². The molecule has 82 valence electrons. The topological polar surface area (TPSA) is 64.7 Å². The van der Waals surface area contributed by atoms with Crippen LogP contribution in [0.5, 0.6) is 0 Å². The second-order valence-corrected chi connectivity index (χ2v) is 4.05.